The Morgan fingerprint density at radius 1 is 1.15 bits per heavy atom. The zero-order chi connectivity index (χ0) is 18.1. The van der Waals surface area contributed by atoms with Gasteiger partial charge in [-0.05, 0) is 18.2 Å². The highest BCUT2D eigenvalue weighted by molar-refractivity contribution is 5.92. The predicted molar refractivity (Wildman–Crippen MR) is 91.9 cm³/mol. The molecular weight excluding hydrogens is 340 g/mol. The lowest BCUT2D eigenvalue weighted by atomic mass is 10.1. The molecule has 0 saturated carbocycles. The molecule has 0 aliphatic rings. The first-order chi connectivity index (χ1) is 12.6. The fourth-order valence-corrected chi connectivity index (χ4v) is 2.61. The van der Waals surface area contributed by atoms with E-state index in [2.05, 4.69) is 20.4 Å². The summed E-state index contributed by atoms with van der Waals surface area (Å²) >= 11 is 0. The molecular formula is C18H13F2N5O. The molecule has 130 valence electrons. The number of amides is 1. The fraction of sp³-hybridized carbons (Fsp3) is 0.0556. The summed E-state index contributed by atoms with van der Waals surface area (Å²) in [6.45, 7) is 0. The highest BCUT2D eigenvalue weighted by Gasteiger charge is 2.13. The van der Waals surface area contributed by atoms with E-state index in [1.165, 1.54) is 23.0 Å². The van der Waals surface area contributed by atoms with Crippen LogP contribution in [0.2, 0.25) is 0 Å². The smallest absolute Gasteiger partial charge is 0.229 e. The average molecular weight is 353 g/mol. The Morgan fingerprint density at radius 3 is 2.85 bits per heavy atom. The summed E-state index contributed by atoms with van der Waals surface area (Å²) in [5.41, 5.74) is 2.08. The summed E-state index contributed by atoms with van der Waals surface area (Å²) in [4.78, 5) is 19.6. The Labute approximate surface area is 146 Å². The predicted octanol–water partition coefficient (Wildman–Crippen LogP) is 3.21. The van der Waals surface area contributed by atoms with Crippen LogP contribution in [0.25, 0.3) is 17.0 Å². The van der Waals surface area contributed by atoms with E-state index < -0.39 is 17.5 Å². The van der Waals surface area contributed by atoms with Gasteiger partial charge in [0, 0.05) is 5.56 Å². The molecule has 2 N–H and O–H groups in total. The van der Waals surface area contributed by atoms with E-state index in [9.17, 15) is 13.6 Å². The van der Waals surface area contributed by atoms with E-state index >= 15 is 0 Å². The third-order valence-electron chi connectivity index (χ3n) is 3.84. The number of carbonyl (C=O) groups excluding carboxylic acids is 1. The second-order valence-corrected chi connectivity index (χ2v) is 5.69. The number of benzene rings is 2. The van der Waals surface area contributed by atoms with Crippen molar-refractivity contribution in [3.63, 3.8) is 0 Å². The number of fused-ring (bicyclic) bond motifs is 1. The summed E-state index contributed by atoms with van der Waals surface area (Å²) in [6.07, 6.45) is 2.75. The van der Waals surface area contributed by atoms with Crippen molar-refractivity contribution in [2.75, 3.05) is 5.32 Å². The van der Waals surface area contributed by atoms with Crippen molar-refractivity contribution in [2.45, 2.75) is 6.42 Å². The van der Waals surface area contributed by atoms with Gasteiger partial charge in [-0.1, -0.05) is 24.3 Å². The molecule has 0 unspecified atom stereocenters. The Balaban J connectivity index is 1.49. The molecule has 2 aromatic carbocycles. The minimum Gasteiger partial charge on any atom is -0.323 e. The largest absolute Gasteiger partial charge is 0.323 e. The van der Waals surface area contributed by atoms with Gasteiger partial charge in [-0.25, -0.2) is 18.4 Å². The monoisotopic (exact) mass is 353 g/mol. The number of imidazole rings is 1. The van der Waals surface area contributed by atoms with Gasteiger partial charge in [0.25, 0.3) is 0 Å². The second-order valence-electron chi connectivity index (χ2n) is 5.69. The van der Waals surface area contributed by atoms with Crippen molar-refractivity contribution < 1.29 is 13.6 Å². The van der Waals surface area contributed by atoms with E-state index in [0.717, 1.165) is 17.1 Å². The number of aromatic nitrogens is 4. The topological polar surface area (TPSA) is 75.6 Å². The van der Waals surface area contributed by atoms with Crippen molar-refractivity contribution in [3.05, 3.63) is 72.1 Å². The van der Waals surface area contributed by atoms with Gasteiger partial charge >= 0.3 is 0 Å². The molecule has 0 aliphatic carbocycles. The number of anilines is 1. The van der Waals surface area contributed by atoms with Crippen molar-refractivity contribution in [1.29, 1.82) is 0 Å². The van der Waals surface area contributed by atoms with Crippen molar-refractivity contribution >= 4 is 22.6 Å². The van der Waals surface area contributed by atoms with Crippen LogP contribution in [-0.4, -0.2) is 25.7 Å². The van der Waals surface area contributed by atoms with Gasteiger partial charge in [-0.2, -0.15) is 5.10 Å². The lowest BCUT2D eigenvalue weighted by Crippen LogP contribution is -2.15. The number of carbonyl (C=O) groups is 1. The minimum absolute atomic E-state index is 0.00724. The maximum absolute atomic E-state index is 13.6. The molecule has 0 bridgehead atoms. The first kappa shape index (κ1) is 15.9. The van der Waals surface area contributed by atoms with Gasteiger partial charge in [0.2, 0.25) is 11.9 Å². The maximum Gasteiger partial charge on any atom is 0.229 e. The summed E-state index contributed by atoms with van der Waals surface area (Å²) < 4.78 is 28.3. The number of hydrogen-bond acceptors (Lipinski definition) is 3. The van der Waals surface area contributed by atoms with Crippen LogP contribution in [0, 0.1) is 11.6 Å². The SMILES string of the molecule is O=C(Cc1cccc(F)c1F)Nc1cnn(-c2nc3ccccc3[nH]2)c1. The Bertz CT molecular complexity index is 1070. The van der Waals surface area contributed by atoms with E-state index in [4.69, 9.17) is 0 Å². The Kier molecular flexibility index (Phi) is 3.92. The molecule has 0 fully saturated rings. The number of aromatic amines is 1. The number of para-hydroxylation sites is 2. The first-order valence-corrected chi connectivity index (χ1v) is 7.83. The number of H-pyrrole nitrogens is 1. The zero-order valence-electron chi connectivity index (χ0n) is 13.4. The Hall–Kier alpha value is -3.55. The van der Waals surface area contributed by atoms with Crippen molar-refractivity contribution in [1.82, 2.24) is 19.7 Å². The molecule has 0 aliphatic heterocycles. The van der Waals surface area contributed by atoms with Gasteiger partial charge in [0.15, 0.2) is 11.6 Å². The highest BCUT2D eigenvalue weighted by atomic mass is 19.2. The van der Waals surface area contributed by atoms with Crippen LogP contribution in [0.15, 0.2) is 54.9 Å². The van der Waals surface area contributed by atoms with Crippen LogP contribution in [-0.2, 0) is 11.2 Å². The van der Waals surface area contributed by atoms with Crippen LogP contribution < -0.4 is 5.32 Å². The van der Waals surface area contributed by atoms with Crippen LogP contribution in [0.1, 0.15) is 5.56 Å². The van der Waals surface area contributed by atoms with Crippen LogP contribution in [0.5, 0.6) is 0 Å². The molecule has 1 amide bonds. The van der Waals surface area contributed by atoms with Gasteiger partial charge in [-0.15, -0.1) is 0 Å². The quantitative estimate of drug-likeness (QED) is 0.592. The normalized spacial score (nSPS) is 11.0. The minimum atomic E-state index is -1.01. The summed E-state index contributed by atoms with van der Waals surface area (Å²) in [6, 6.07) is 11.3. The number of nitrogens with zero attached hydrogens (tertiary/aromatic N) is 3. The fourth-order valence-electron chi connectivity index (χ4n) is 2.61. The van der Waals surface area contributed by atoms with Crippen LogP contribution in [0.3, 0.4) is 0 Å². The molecule has 2 heterocycles. The van der Waals surface area contributed by atoms with E-state index in [0.29, 0.717) is 11.6 Å². The van der Waals surface area contributed by atoms with E-state index in [1.54, 1.807) is 6.20 Å². The summed E-state index contributed by atoms with van der Waals surface area (Å²) in [5.74, 6) is -1.96. The van der Waals surface area contributed by atoms with Crippen LogP contribution in [0.4, 0.5) is 14.5 Å². The molecule has 0 spiro atoms. The number of halogens is 2. The number of nitrogens with one attached hydrogen (secondary N) is 2. The van der Waals surface area contributed by atoms with E-state index in [1.807, 2.05) is 24.3 Å². The number of rotatable bonds is 4. The molecule has 8 heteroatoms. The third kappa shape index (κ3) is 3.04. The van der Waals surface area contributed by atoms with Gasteiger partial charge in [-0.3, -0.25) is 4.79 Å². The lowest BCUT2D eigenvalue weighted by molar-refractivity contribution is -0.115. The van der Waals surface area contributed by atoms with Crippen LogP contribution >= 0.6 is 0 Å². The van der Waals surface area contributed by atoms with Gasteiger partial charge < -0.3 is 10.3 Å². The average Bonchev–Trinajstić information content (AvgIpc) is 3.25. The molecule has 6 nitrogen and oxygen atoms in total. The summed E-state index contributed by atoms with van der Waals surface area (Å²) in [5, 5.41) is 6.76. The second kappa shape index (κ2) is 6.40. The molecule has 2 aromatic heterocycles. The highest BCUT2D eigenvalue weighted by Crippen LogP contribution is 2.16. The first-order valence-electron chi connectivity index (χ1n) is 7.83. The summed E-state index contributed by atoms with van der Waals surface area (Å²) in [7, 11) is 0. The number of hydrogen-bond donors (Lipinski definition) is 2. The molecule has 4 aromatic rings. The Morgan fingerprint density at radius 2 is 2.00 bits per heavy atom. The van der Waals surface area contributed by atoms with Gasteiger partial charge in [0.1, 0.15) is 0 Å². The molecule has 0 saturated heterocycles. The maximum atomic E-state index is 13.6. The third-order valence-corrected chi connectivity index (χ3v) is 3.84. The molecule has 26 heavy (non-hydrogen) atoms. The zero-order valence-corrected chi connectivity index (χ0v) is 13.4. The lowest BCUT2D eigenvalue weighted by Gasteiger charge is -2.04. The van der Waals surface area contributed by atoms with Crippen molar-refractivity contribution in [3.8, 4) is 5.95 Å². The van der Waals surface area contributed by atoms with Crippen molar-refractivity contribution in [2.24, 2.45) is 0 Å². The molecule has 0 atom stereocenters. The van der Waals surface area contributed by atoms with E-state index in [-0.39, 0.29) is 12.0 Å². The standard InChI is InChI=1S/C18H13F2N5O/c19-13-5-3-4-11(17(13)20)8-16(26)22-12-9-21-25(10-12)18-23-14-6-1-2-7-15(14)24-18/h1-7,9-10H,8H2,(H,22,26)(H,23,24). The molecule has 4 rings (SSSR count). The molecule has 0 radical (unpaired) electrons. The van der Waals surface area contributed by atoms with Gasteiger partial charge in [0.05, 0.1) is 35.5 Å².